The molecule has 0 amide bonds. The number of aromatic nitrogens is 2. The molecule has 0 atom stereocenters. The maximum Gasteiger partial charge on any atom is 0.0541 e. The third-order valence-electron chi connectivity index (χ3n) is 12.5. The lowest BCUT2D eigenvalue weighted by Crippen LogP contribution is -1.96. The molecule has 0 bridgehead atoms. The van der Waals surface area contributed by atoms with Gasteiger partial charge in [-0.05, 0) is 134 Å². The van der Waals surface area contributed by atoms with Crippen LogP contribution in [0.5, 0.6) is 0 Å². The average Bonchev–Trinajstić information content (AvgIpc) is 3.86. The van der Waals surface area contributed by atoms with Crippen molar-refractivity contribution in [3.63, 3.8) is 0 Å². The fourth-order valence-corrected chi connectivity index (χ4v) is 9.49. The van der Waals surface area contributed by atoms with Gasteiger partial charge in [-0.15, -0.1) is 0 Å². The van der Waals surface area contributed by atoms with Crippen molar-refractivity contribution in [1.82, 2.24) is 9.13 Å². The number of rotatable bonds is 7. The number of benzene rings is 10. The van der Waals surface area contributed by atoms with Crippen molar-refractivity contribution in [2.24, 2.45) is 0 Å². The summed E-state index contributed by atoms with van der Waals surface area (Å²) in [4.78, 5) is 0. The Bertz CT molecular complexity index is 3530. The minimum atomic E-state index is 1.13. The van der Waals surface area contributed by atoms with Gasteiger partial charge in [0.25, 0.3) is 0 Å². The van der Waals surface area contributed by atoms with Crippen LogP contribution in [0.1, 0.15) is 0 Å². The smallest absolute Gasteiger partial charge is 0.0541 e. The van der Waals surface area contributed by atoms with E-state index in [0.717, 1.165) is 11.4 Å². The Kier molecular flexibility index (Phi) is 8.53. The summed E-state index contributed by atoms with van der Waals surface area (Å²) < 4.78 is 4.86. The van der Waals surface area contributed by atoms with E-state index in [1.165, 1.54) is 99.2 Å². The number of hydrogen-bond donors (Lipinski definition) is 0. The highest BCUT2D eigenvalue weighted by Gasteiger charge is 2.19. The van der Waals surface area contributed by atoms with Gasteiger partial charge in [-0.25, -0.2) is 0 Å². The van der Waals surface area contributed by atoms with Gasteiger partial charge >= 0.3 is 0 Å². The Morgan fingerprint density at radius 2 is 0.452 bits per heavy atom. The predicted octanol–water partition coefficient (Wildman–Crippen LogP) is 16.2. The van der Waals surface area contributed by atoms with Crippen LogP contribution in [0.25, 0.3) is 111 Å². The lowest BCUT2D eigenvalue weighted by Gasteiger charge is -2.14. The molecule has 0 radical (unpaired) electrons. The third-order valence-corrected chi connectivity index (χ3v) is 12.5. The Hall–Kier alpha value is -8.20. The molecule has 290 valence electrons. The van der Waals surface area contributed by atoms with Gasteiger partial charge in [-0.3, -0.25) is 0 Å². The maximum absolute atomic E-state index is 2.46. The minimum absolute atomic E-state index is 1.13. The van der Waals surface area contributed by atoms with Crippen LogP contribution < -0.4 is 0 Å². The standard InChI is InChI=1S/C60H40N2/c1-6-16-41(17-7-1)45-26-30-57-53(37-45)55-39-47(28-32-58(55)61(57)51-24-14-5-15-25-51)48-29-33-60-56(40-48)54-38-46(42-18-8-2-9-19-42)27-31-59(54)62(60)52-35-49(43-20-10-3-11-21-43)34-50(36-52)44-22-12-4-13-23-44/h1-40H. The normalized spacial score (nSPS) is 11.5. The van der Waals surface area contributed by atoms with E-state index in [4.69, 9.17) is 0 Å². The quantitative estimate of drug-likeness (QED) is 0.152. The highest BCUT2D eigenvalue weighted by Crippen LogP contribution is 2.41. The van der Waals surface area contributed by atoms with Gasteiger partial charge < -0.3 is 9.13 Å². The highest BCUT2D eigenvalue weighted by molar-refractivity contribution is 6.14. The Balaban J connectivity index is 1.09. The number of nitrogens with zero attached hydrogens (tertiary/aromatic N) is 2. The second kappa shape index (κ2) is 14.8. The van der Waals surface area contributed by atoms with E-state index in [-0.39, 0.29) is 0 Å². The second-order valence-corrected chi connectivity index (χ2v) is 16.2. The van der Waals surface area contributed by atoms with Crippen LogP contribution in [-0.2, 0) is 0 Å². The lowest BCUT2D eigenvalue weighted by atomic mass is 9.98. The fraction of sp³-hybridized carbons (Fsp3) is 0. The van der Waals surface area contributed by atoms with E-state index >= 15 is 0 Å². The molecule has 2 heteroatoms. The predicted molar refractivity (Wildman–Crippen MR) is 262 cm³/mol. The van der Waals surface area contributed by atoms with Gasteiger partial charge in [0, 0.05) is 32.9 Å². The summed E-state index contributed by atoms with van der Waals surface area (Å²) in [6.07, 6.45) is 0. The molecule has 0 saturated carbocycles. The molecule has 0 unspecified atom stereocenters. The van der Waals surface area contributed by atoms with Crippen molar-refractivity contribution in [1.29, 1.82) is 0 Å². The Labute approximate surface area is 360 Å². The number of para-hydroxylation sites is 1. The molecule has 0 aliphatic carbocycles. The second-order valence-electron chi connectivity index (χ2n) is 16.2. The monoisotopic (exact) mass is 788 g/mol. The first-order valence-electron chi connectivity index (χ1n) is 21.3. The largest absolute Gasteiger partial charge is 0.309 e. The average molecular weight is 789 g/mol. The summed E-state index contributed by atoms with van der Waals surface area (Å²) in [5, 5.41) is 4.92. The zero-order valence-corrected chi connectivity index (χ0v) is 34.0. The van der Waals surface area contributed by atoms with Crippen LogP contribution >= 0.6 is 0 Å². The molecule has 62 heavy (non-hydrogen) atoms. The van der Waals surface area contributed by atoms with Gasteiger partial charge in [0.2, 0.25) is 0 Å². The van der Waals surface area contributed by atoms with Crippen LogP contribution in [-0.4, -0.2) is 9.13 Å². The first-order valence-corrected chi connectivity index (χ1v) is 21.3. The molecule has 0 fully saturated rings. The third kappa shape index (κ3) is 6.12. The molecule has 2 nitrogen and oxygen atoms in total. The SMILES string of the molecule is c1ccc(-c2cc(-c3ccccc3)cc(-n3c4ccc(-c5ccccc5)cc4c4cc(-c5ccc6c(c5)c5cc(-c7ccccc7)ccc5n6-c5ccccc5)ccc43)c2)cc1. The van der Waals surface area contributed by atoms with Crippen LogP contribution in [0.4, 0.5) is 0 Å². The highest BCUT2D eigenvalue weighted by atomic mass is 15.0. The van der Waals surface area contributed by atoms with Crippen LogP contribution in [0.15, 0.2) is 243 Å². The van der Waals surface area contributed by atoms with Crippen molar-refractivity contribution in [3.05, 3.63) is 243 Å². The van der Waals surface area contributed by atoms with E-state index < -0.39 is 0 Å². The first kappa shape index (κ1) is 35.7. The molecule has 0 N–H and O–H groups in total. The van der Waals surface area contributed by atoms with E-state index in [1.807, 2.05) is 0 Å². The summed E-state index contributed by atoms with van der Waals surface area (Å²) in [5.41, 5.74) is 19.0. The fourth-order valence-electron chi connectivity index (χ4n) is 9.49. The first-order chi connectivity index (χ1) is 30.7. The van der Waals surface area contributed by atoms with Gasteiger partial charge in [0.1, 0.15) is 0 Å². The molecule has 12 aromatic rings. The van der Waals surface area contributed by atoms with Crippen molar-refractivity contribution in [2.45, 2.75) is 0 Å². The lowest BCUT2D eigenvalue weighted by molar-refractivity contribution is 1.18. The maximum atomic E-state index is 2.46. The zero-order chi connectivity index (χ0) is 41.0. The van der Waals surface area contributed by atoms with E-state index in [0.29, 0.717) is 0 Å². The van der Waals surface area contributed by atoms with Gasteiger partial charge in [-0.1, -0.05) is 164 Å². The molecular formula is C60H40N2. The molecule has 10 aromatic carbocycles. The summed E-state index contributed by atoms with van der Waals surface area (Å²) in [7, 11) is 0. The molecule has 2 aromatic heterocycles. The molecule has 0 aliphatic heterocycles. The molecule has 12 rings (SSSR count). The summed E-state index contributed by atoms with van der Waals surface area (Å²) in [6, 6.07) is 88.5. The van der Waals surface area contributed by atoms with Crippen molar-refractivity contribution in [3.8, 4) is 67.0 Å². The molecule has 0 aliphatic rings. The van der Waals surface area contributed by atoms with Gasteiger partial charge in [0.15, 0.2) is 0 Å². The Morgan fingerprint density at radius 3 is 0.790 bits per heavy atom. The van der Waals surface area contributed by atoms with Crippen molar-refractivity contribution in [2.75, 3.05) is 0 Å². The van der Waals surface area contributed by atoms with Crippen LogP contribution in [0, 0.1) is 0 Å². The van der Waals surface area contributed by atoms with Gasteiger partial charge in [-0.2, -0.15) is 0 Å². The topological polar surface area (TPSA) is 9.86 Å². The number of hydrogen-bond acceptors (Lipinski definition) is 0. The summed E-state index contributed by atoms with van der Waals surface area (Å²) >= 11 is 0. The van der Waals surface area contributed by atoms with E-state index in [9.17, 15) is 0 Å². The van der Waals surface area contributed by atoms with Crippen molar-refractivity contribution >= 4 is 43.6 Å². The van der Waals surface area contributed by atoms with E-state index in [1.54, 1.807) is 0 Å². The van der Waals surface area contributed by atoms with Gasteiger partial charge in [0.05, 0.1) is 22.1 Å². The summed E-state index contributed by atoms with van der Waals surface area (Å²) in [6.45, 7) is 0. The van der Waals surface area contributed by atoms with Crippen LogP contribution in [0.2, 0.25) is 0 Å². The van der Waals surface area contributed by atoms with E-state index in [2.05, 4.69) is 252 Å². The molecule has 0 saturated heterocycles. The van der Waals surface area contributed by atoms with Crippen LogP contribution in [0.3, 0.4) is 0 Å². The molecule has 0 spiro atoms. The molecule has 2 heterocycles. The molecular weight excluding hydrogens is 749 g/mol. The van der Waals surface area contributed by atoms with Crippen molar-refractivity contribution < 1.29 is 0 Å². The minimum Gasteiger partial charge on any atom is -0.309 e. The summed E-state index contributed by atoms with van der Waals surface area (Å²) in [5.74, 6) is 0. The number of fused-ring (bicyclic) bond motifs is 6. The Morgan fingerprint density at radius 1 is 0.177 bits per heavy atom. The zero-order valence-electron chi connectivity index (χ0n) is 34.0.